The lowest BCUT2D eigenvalue weighted by atomic mass is 9.91. The van der Waals surface area contributed by atoms with Crippen molar-refractivity contribution in [1.29, 1.82) is 0 Å². The molecule has 0 saturated carbocycles. The number of benzene rings is 2. The molecule has 0 spiro atoms. The summed E-state index contributed by atoms with van der Waals surface area (Å²) in [5.74, 6) is 0.526. The van der Waals surface area contributed by atoms with Gasteiger partial charge in [0.1, 0.15) is 0 Å². The summed E-state index contributed by atoms with van der Waals surface area (Å²) in [5.41, 5.74) is 3.12. The molecule has 0 atom stereocenters. The highest BCUT2D eigenvalue weighted by Gasteiger charge is 2.30. The fraction of sp³-hybridized carbons (Fsp3) is 0.435. The number of rotatable bonds is 4. The van der Waals surface area contributed by atoms with Crippen molar-refractivity contribution in [2.45, 2.75) is 43.9 Å². The minimum absolute atomic E-state index is 0.00189. The molecule has 2 aliphatic heterocycles. The highest BCUT2D eigenvalue weighted by molar-refractivity contribution is 7.89. The van der Waals surface area contributed by atoms with Crippen molar-refractivity contribution in [2.24, 2.45) is 5.92 Å². The number of hydrogen-bond acceptors (Lipinski definition) is 3. The van der Waals surface area contributed by atoms with E-state index in [0.29, 0.717) is 30.4 Å². The summed E-state index contributed by atoms with van der Waals surface area (Å²) in [6, 6.07) is 15.6. The van der Waals surface area contributed by atoms with Gasteiger partial charge in [0.25, 0.3) is 0 Å². The molecular formula is C23H28N2O3S. The summed E-state index contributed by atoms with van der Waals surface area (Å²) in [4.78, 5) is 13.9. The number of carbonyl (C=O) groups excluding carboxylic acids is 1. The Bertz CT molecular complexity index is 980. The van der Waals surface area contributed by atoms with Crippen molar-refractivity contribution in [3.8, 4) is 0 Å². The van der Waals surface area contributed by atoms with Crippen LogP contribution < -0.4 is 4.90 Å². The van der Waals surface area contributed by atoms with Crippen molar-refractivity contribution < 1.29 is 13.2 Å². The highest BCUT2D eigenvalue weighted by atomic mass is 32.2. The van der Waals surface area contributed by atoms with Gasteiger partial charge in [-0.2, -0.15) is 4.31 Å². The molecule has 1 saturated heterocycles. The second-order valence-electron chi connectivity index (χ2n) is 8.10. The molecule has 0 unspecified atom stereocenters. The number of anilines is 1. The SMILES string of the molecule is CC(=O)N1CCCc2cc(S(=O)(=O)N3CCC(Cc4ccccc4)CC3)ccc21. The van der Waals surface area contributed by atoms with Crippen LogP contribution >= 0.6 is 0 Å². The molecule has 1 amide bonds. The molecule has 4 rings (SSSR count). The molecule has 0 aliphatic carbocycles. The quantitative estimate of drug-likeness (QED) is 0.771. The molecule has 0 N–H and O–H groups in total. The molecule has 0 aromatic heterocycles. The van der Waals surface area contributed by atoms with Gasteiger partial charge in [-0.1, -0.05) is 30.3 Å². The largest absolute Gasteiger partial charge is 0.312 e. The molecule has 0 bridgehead atoms. The monoisotopic (exact) mass is 412 g/mol. The maximum Gasteiger partial charge on any atom is 0.243 e. The van der Waals surface area contributed by atoms with Crippen LogP contribution in [0.25, 0.3) is 0 Å². The molecule has 2 aromatic carbocycles. The van der Waals surface area contributed by atoms with Gasteiger partial charge in [0.05, 0.1) is 4.90 Å². The zero-order valence-electron chi connectivity index (χ0n) is 16.9. The first-order valence-corrected chi connectivity index (χ1v) is 11.8. The Morgan fingerprint density at radius 1 is 1.03 bits per heavy atom. The Morgan fingerprint density at radius 2 is 1.76 bits per heavy atom. The first-order valence-electron chi connectivity index (χ1n) is 10.4. The van der Waals surface area contributed by atoms with Gasteiger partial charge in [0.15, 0.2) is 0 Å². The van der Waals surface area contributed by atoms with Gasteiger partial charge in [-0.05, 0) is 67.3 Å². The second kappa shape index (κ2) is 8.28. The number of sulfonamides is 1. The first kappa shape index (κ1) is 20.1. The molecule has 6 heteroatoms. The number of amides is 1. The van der Waals surface area contributed by atoms with Crippen LogP contribution in [0.3, 0.4) is 0 Å². The fourth-order valence-corrected chi connectivity index (χ4v) is 6.03. The summed E-state index contributed by atoms with van der Waals surface area (Å²) in [7, 11) is -3.50. The van der Waals surface area contributed by atoms with Gasteiger partial charge in [0, 0.05) is 32.2 Å². The lowest BCUT2D eigenvalue weighted by Gasteiger charge is -2.32. The van der Waals surface area contributed by atoms with Crippen molar-refractivity contribution in [3.05, 3.63) is 59.7 Å². The van der Waals surface area contributed by atoms with E-state index in [-0.39, 0.29) is 5.91 Å². The summed E-state index contributed by atoms with van der Waals surface area (Å²) >= 11 is 0. The zero-order valence-corrected chi connectivity index (χ0v) is 17.7. The van der Waals surface area contributed by atoms with E-state index in [1.54, 1.807) is 34.3 Å². The van der Waals surface area contributed by atoms with Gasteiger partial charge in [0.2, 0.25) is 15.9 Å². The molecular weight excluding hydrogens is 384 g/mol. The smallest absolute Gasteiger partial charge is 0.243 e. The number of piperidine rings is 1. The van der Waals surface area contributed by atoms with Gasteiger partial charge in [-0.3, -0.25) is 4.79 Å². The van der Waals surface area contributed by atoms with E-state index in [1.807, 2.05) is 6.07 Å². The third-order valence-electron chi connectivity index (χ3n) is 6.13. The van der Waals surface area contributed by atoms with E-state index in [9.17, 15) is 13.2 Å². The molecule has 2 aliphatic rings. The predicted octanol–water partition coefficient (Wildman–Crippen LogP) is 3.63. The Hall–Kier alpha value is -2.18. The normalized spacial score (nSPS) is 18.4. The Balaban J connectivity index is 1.46. The number of fused-ring (bicyclic) bond motifs is 1. The number of carbonyl (C=O) groups is 1. The standard InChI is InChI=1S/C23H28N2O3S/c1-18(26)25-13-5-8-21-17-22(9-10-23(21)25)29(27,28)24-14-11-20(12-15-24)16-19-6-3-2-4-7-19/h2-4,6-7,9-10,17,20H,5,8,11-16H2,1H3. The topological polar surface area (TPSA) is 57.7 Å². The van der Waals surface area contributed by atoms with Gasteiger partial charge >= 0.3 is 0 Å². The molecule has 2 aromatic rings. The third-order valence-corrected chi connectivity index (χ3v) is 8.02. The first-order chi connectivity index (χ1) is 13.9. The molecule has 154 valence electrons. The molecule has 5 nitrogen and oxygen atoms in total. The third kappa shape index (κ3) is 4.23. The van der Waals surface area contributed by atoms with Crippen molar-refractivity contribution in [2.75, 3.05) is 24.5 Å². The maximum atomic E-state index is 13.2. The average Bonchev–Trinajstić information content (AvgIpc) is 2.74. The zero-order chi connectivity index (χ0) is 20.4. The van der Waals surface area contributed by atoms with Crippen LogP contribution in [0.4, 0.5) is 5.69 Å². The van der Waals surface area contributed by atoms with E-state index in [1.165, 1.54) is 5.56 Å². The fourth-order valence-electron chi connectivity index (χ4n) is 4.51. The predicted molar refractivity (Wildman–Crippen MR) is 114 cm³/mol. The number of hydrogen-bond donors (Lipinski definition) is 0. The maximum absolute atomic E-state index is 13.2. The average molecular weight is 413 g/mol. The van der Waals surface area contributed by atoms with E-state index in [0.717, 1.165) is 43.4 Å². The van der Waals surface area contributed by atoms with Gasteiger partial charge < -0.3 is 4.90 Å². The van der Waals surface area contributed by atoms with E-state index < -0.39 is 10.0 Å². The molecule has 29 heavy (non-hydrogen) atoms. The van der Waals surface area contributed by atoms with Crippen molar-refractivity contribution in [1.82, 2.24) is 4.31 Å². The molecule has 1 fully saturated rings. The number of aryl methyl sites for hydroxylation is 1. The molecule has 0 radical (unpaired) electrons. The summed E-state index contributed by atoms with van der Waals surface area (Å²) < 4.78 is 28.0. The Morgan fingerprint density at radius 3 is 2.45 bits per heavy atom. The van der Waals surface area contributed by atoms with Crippen LogP contribution in [0.1, 0.15) is 37.3 Å². The van der Waals surface area contributed by atoms with Crippen molar-refractivity contribution in [3.63, 3.8) is 0 Å². The minimum Gasteiger partial charge on any atom is -0.312 e. The van der Waals surface area contributed by atoms with Crippen LogP contribution in [0.15, 0.2) is 53.4 Å². The second-order valence-corrected chi connectivity index (χ2v) is 10.0. The van der Waals surface area contributed by atoms with Crippen LogP contribution in [-0.4, -0.2) is 38.3 Å². The highest BCUT2D eigenvalue weighted by Crippen LogP contribution is 2.32. The van der Waals surface area contributed by atoms with E-state index >= 15 is 0 Å². The molecule has 2 heterocycles. The van der Waals surface area contributed by atoms with E-state index in [4.69, 9.17) is 0 Å². The lowest BCUT2D eigenvalue weighted by Crippen LogP contribution is -2.39. The number of nitrogens with zero attached hydrogens (tertiary/aromatic N) is 2. The Labute approximate surface area is 173 Å². The van der Waals surface area contributed by atoms with Crippen LogP contribution in [-0.2, 0) is 27.7 Å². The van der Waals surface area contributed by atoms with Crippen LogP contribution in [0, 0.1) is 5.92 Å². The minimum atomic E-state index is -3.50. The van der Waals surface area contributed by atoms with Gasteiger partial charge in [-0.15, -0.1) is 0 Å². The van der Waals surface area contributed by atoms with Crippen molar-refractivity contribution >= 4 is 21.6 Å². The summed E-state index contributed by atoms with van der Waals surface area (Å²) in [6.45, 7) is 3.38. The lowest BCUT2D eigenvalue weighted by molar-refractivity contribution is -0.116. The van der Waals surface area contributed by atoms with Gasteiger partial charge in [-0.25, -0.2) is 8.42 Å². The summed E-state index contributed by atoms with van der Waals surface area (Å²) in [6.07, 6.45) is 4.45. The Kier molecular flexibility index (Phi) is 5.74. The van der Waals surface area contributed by atoms with E-state index in [2.05, 4.69) is 24.3 Å². The van der Waals surface area contributed by atoms with Crippen LogP contribution in [0.5, 0.6) is 0 Å². The van der Waals surface area contributed by atoms with Crippen LogP contribution in [0.2, 0.25) is 0 Å². The summed E-state index contributed by atoms with van der Waals surface area (Å²) in [5, 5.41) is 0.